The van der Waals surface area contributed by atoms with E-state index in [1.54, 1.807) is 30.2 Å². The summed E-state index contributed by atoms with van der Waals surface area (Å²) in [5, 5.41) is 11.0. The lowest BCUT2D eigenvalue weighted by Gasteiger charge is -2.22. The van der Waals surface area contributed by atoms with E-state index in [0.29, 0.717) is 25.3 Å². The van der Waals surface area contributed by atoms with Gasteiger partial charge in [0.15, 0.2) is 0 Å². The molecule has 0 spiro atoms. The fraction of sp³-hybridized carbons (Fsp3) is 0.438. The smallest absolute Gasteiger partial charge is 0.276 e. The molecule has 1 aromatic carbocycles. The van der Waals surface area contributed by atoms with Gasteiger partial charge in [-0.05, 0) is 26.2 Å². The molecule has 0 N–H and O–H groups in total. The number of amides is 1. The minimum Gasteiger partial charge on any atom is -0.383 e. The van der Waals surface area contributed by atoms with Crippen LogP contribution in [-0.2, 0) is 9.53 Å². The molecule has 23 heavy (non-hydrogen) atoms. The van der Waals surface area contributed by atoms with Crippen molar-refractivity contribution in [2.24, 2.45) is 0 Å². The minimum atomic E-state index is -0.459. The number of likely N-dealkylation sites (N-methyl/N-ethyl adjacent to an activating group) is 1. The molecule has 0 saturated heterocycles. The number of hydrogen-bond donors (Lipinski definition) is 0. The molecule has 0 saturated carbocycles. The van der Waals surface area contributed by atoms with Crippen molar-refractivity contribution in [3.63, 3.8) is 0 Å². The van der Waals surface area contributed by atoms with Crippen LogP contribution < -0.4 is 0 Å². The first-order valence-corrected chi connectivity index (χ1v) is 7.29. The molecule has 7 heteroatoms. The molecule has 0 bridgehead atoms. The van der Waals surface area contributed by atoms with Crippen LogP contribution in [0.15, 0.2) is 30.3 Å². The number of carbonyl (C=O) groups is 1. The molecule has 0 aliphatic carbocycles. The summed E-state index contributed by atoms with van der Waals surface area (Å²) < 4.78 is 5.02. The summed E-state index contributed by atoms with van der Waals surface area (Å²) in [5.41, 5.74) is 0.387. The van der Waals surface area contributed by atoms with Crippen molar-refractivity contribution in [1.29, 1.82) is 0 Å². The molecule has 1 aromatic rings. The first-order valence-electron chi connectivity index (χ1n) is 7.29. The first-order chi connectivity index (χ1) is 11.0. The molecule has 7 nitrogen and oxygen atoms in total. The number of methoxy groups -OCH3 is 1. The molecule has 126 valence electrons. The zero-order chi connectivity index (χ0) is 17.2. The predicted molar refractivity (Wildman–Crippen MR) is 89.1 cm³/mol. The Kier molecular flexibility index (Phi) is 7.93. The van der Waals surface area contributed by atoms with Gasteiger partial charge in [0.1, 0.15) is 0 Å². The quantitative estimate of drug-likeness (QED) is 0.393. The number of nitro benzene ring substituents is 1. The zero-order valence-electron chi connectivity index (χ0n) is 13.8. The number of nitrogens with zero attached hydrogens (tertiary/aromatic N) is 3. The van der Waals surface area contributed by atoms with E-state index >= 15 is 0 Å². The third-order valence-electron chi connectivity index (χ3n) is 3.23. The number of benzene rings is 1. The van der Waals surface area contributed by atoms with Gasteiger partial charge in [-0.3, -0.25) is 14.9 Å². The second-order valence-electron chi connectivity index (χ2n) is 5.27. The highest BCUT2D eigenvalue weighted by Gasteiger charge is 2.13. The Bertz CT molecular complexity index is 558. The summed E-state index contributed by atoms with van der Waals surface area (Å²) >= 11 is 0. The SMILES string of the molecule is COCCN(CCN(C)C)C(=O)/C=C/c1ccccc1[N+](=O)[O-]. The third kappa shape index (κ3) is 6.58. The van der Waals surface area contributed by atoms with E-state index in [4.69, 9.17) is 4.74 Å². The van der Waals surface area contributed by atoms with Crippen molar-refractivity contribution in [2.45, 2.75) is 0 Å². The maximum absolute atomic E-state index is 12.3. The Balaban J connectivity index is 2.82. The highest BCUT2D eigenvalue weighted by atomic mass is 16.6. The van der Waals surface area contributed by atoms with Crippen LogP contribution in [-0.4, -0.2) is 68.1 Å². The van der Waals surface area contributed by atoms with E-state index in [2.05, 4.69) is 0 Å². The largest absolute Gasteiger partial charge is 0.383 e. The van der Waals surface area contributed by atoms with Gasteiger partial charge in [0.2, 0.25) is 5.91 Å². The second kappa shape index (κ2) is 9.70. The lowest BCUT2D eigenvalue weighted by atomic mass is 10.1. The summed E-state index contributed by atoms with van der Waals surface area (Å²) in [6.07, 6.45) is 2.85. The molecule has 1 amide bonds. The Morgan fingerprint density at radius 2 is 1.96 bits per heavy atom. The Morgan fingerprint density at radius 3 is 2.57 bits per heavy atom. The van der Waals surface area contributed by atoms with Gasteiger partial charge in [-0.1, -0.05) is 12.1 Å². The topological polar surface area (TPSA) is 75.9 Å². The Labute approximate surface area is 136 Å². The number of carbonyl (C=O) groups excluding carboxylic acids is 1. The van der Waals surface area contributed by atoms with E-state index in [-0.39, 0.29) is 11.6 Å². The van der Waals surface area contributed by atoms with Crippen LogP contribution in [0.25, 0.3) is 6.08 Å². The van der Waals surface area contributed by atoms with E-state index in [0.717, 1.165) is 6.54 Å². The van der Waals surface area contributed by atoms with E-state index in [1.807, 2.05) is 19.0 Å². The zero-order valence-corrected chi connectivity index (χ0v) is 13.8. The molecule has 0 aliphatic heterocycles. The monoisotopic (exact) mass is 321 g/mol. The molecule has 0 radical (unpaired) electrons. The number of ether oxygens (including phenoxy) is 1. The standard InChI is InChI=1S/C16H23N3O4/c1-17(2)10-11-18(12-13-23-3)16(20)9-8-14-6-4-5-7-15(14)19(21)22/h4-9H,10-13H2,1-3H3/b9-8+. The number of rotatable bonds is 9. The summed E-state index contributed by atoms with van der Waals surface area (Å²) in [7, 11) is 5.45. The van der Waals surface area contributed by atoms with Gasteiger partial charge in [-0.2, -0.15) is 0 Å². The maximum atomic E-state index is 12.3. The normalized spacial score (nSPS) is 11.1. The lowest BCUT2D eigenvalue weighted by molar-refractivity contribution is -0.385. The molecular formula is C16H23N3O4. The molecule has 0 aliphatic rings. The average molecular weight is 321 g/mol. The van der Waals surface area contributed by atoms with Crippen LogP contribution in [0.2, 0.25) is 0 Å². The van der Waals surface area contributed by atoms with Crippen LogP contribution in [0.3, 0.4) is 0 Å². The molecular weight excluding hydrogens is 298 g/mol. The molecule has 0 unspecified atom stereocenters. The maximum Gasteiger partial charge on any atom is 0.276 e. The highest BCUT2D eigenvalue weighted by molar-refractivity contribution is 5.92. The van der Waals surface area contributed by atoms with Gasteiger partial charge in [0, 0.05) is 38.9 Å². The van der Waals surface area contributed by atoms with Gasteiger partial charge in [0.05, 0.1) is 17.1 Å². The summed E-state index contributed by atoms with van der Waals surface area (Å²) in [5.74, 6) is -0.193. The van der Waals surface area contributed by atoms with Crippen molar-refractivity contribution in [1.82, 2.24) is 9.80 Å². The number of nitro groups is 1. The van der Waals surface area contributed by atoms with Crippen molar-refractivity contribution in [3.8, 4) is 0 Å². The van der Waals surface area contributed by atoms with Crippen LogP contribution in [0.5, 0.6) is 0 Å². The van der Waals surface area contributed by atoms with Crippen molar-refractivity contribution < 1.29 is 14.5 Å². The predicted octanol–water partition coefficient (Wildman–Crippen LogP) is 1.64. The third-order valence-corrected chi connectivity index (χ3v) is 3.23. The van der Waals surface area contributed by atoms with Crippen LogP contribution in [0.1, 0.15) is 5.56 Å². The van der Waals surface area contributed by atoms with Gasteiger partial charge >= 0.3 is 0 Å². The van der Waals surface area contributed by atoms with Crippen LogP contribution in [0, 0.1) is 10.1 Å². The number of para-hydroxylation sites is 1. The Hall–Kier alpha value is -2.25. The van der Waals surface area contributed by atoms with Crippen LogP contribution >= 0.6 is 0 Å². The molecule has 0 fully saturated rings. The van der Waals surface area contributed by atoms with Gasteiger partial charge < -0.3 is 14.5 Å². The molecule has 0 atom stereocenters. The summed E-state index contributed by atoms with van der Waals surface area (Å²) in [6.45, 7) is 2.22. The first kappa shape index (κ1) is 18.8. The van der Waals surface area contributed by atoms with Gasteiger partial charge in [0.25, 0.3) is 5.69 Å². The number of hydrogen-bond acceptors (Lipinski definition) is 5. The second-order valence-corrected chi connectivity index (χ2v) is 5.27. The lowest BCUT2D eigenvalue weighted by Crippen LogP contribution is -2.37. The summed E-state index contributed by atoms with van der Waals surface area (Å²) in [4.78, 5) is 26.5. The van der Waals surface area contributed by atoms with E-state index in [1.165, 1.54) is 18.2 Å². The van der Waals surface area contributed by atoms with Crippen molar-refractivity contribution >= 4 is 17.7 Å². The average Bonchev–Trinajstić information content (AvgIpc) is 2.52. The van der Waals surface area contributed by atoms with Crippen molar-refractivity contribution in [3.05, 3.63) is 46.0 Å². The fourth-order valence-corrected chi connectivity index (χ4v) is 1.92. The van der Waals surface area contributed by atoms with Gasteiger partial charge in [-0.15, -0.1) is 0 Å². The van der Waals surface area contributed by atoms with Crippen LogP contribution in [0.4, 0.5) is 5.69 Å². The molecule has 0 aromatic heterocycles. The fourth-order valence-electron chi connectivity index (χ4n) is 1.92. The Morgan fingerprint density at radius 1 is 1.26 bits per heavy atom. The molecule has 0 heterocycles. The van der Waals surface area contributed by atoms with E-state index < -0.39 is 4.92 Å². The van der Waals surface area contributed by atoms with Gasteiger partial charge in [-0.25, -0.2) is 0 Å². The van der Waals surface area contributed by atoms with E-state index in [9.17, 15) is 14.9 Å². The highest BCUT2D eigenvalue weighted by Crippen LogP contribution is 2.18. The minimum absolute atomic E-state index is 0.0201. The summed E-state index contributed by atoms with van der Waals surface area (Å²) in [6, 6.07) is 6.32. The van der Waals surface area contributed by atoms with Crippen molar-refractivity contribution in [2.75, 3.05) is 47.4 Å². The molecule has 1 rings (SSSR count).